The lowest BCUT2D eigenvalue weighted by Crippen LogP contribution is -2.25. The average Bonchev–Trinajstić information content (AvgIpc) is 2.01. The third-order valence-electron chi connectivity index (χ3n) is 1.53. The largest absolute Gasteiger partial charge is 0.545 e. The Labute approximate surface area is 79.4 Å². The number of carbonyl (C=O) groups excluding carboxylic acids is 2. The van der Waals surface area contributed by atoms with Crippen LogP contribution in [0.1, 0.15) is 17.3 Å². The van der Waals surface area contributed by atoms with E-state index in [1.54, 1.807) is 0 Å². The van der Waals surface area contributed by atoms with Gasteiger partial charge in [-0.05, 0) is 12.1 Å². The normalized spacial score (nSPS) is 9.57. The topological polar surface area (TPSA) is 69.2 Å². The van der Waals surface area contributed by atoms with Gasteiger partial charge in [0, 0.05) is 6.92 Å². The molecule has 0 aliphatic carbocycles. The lowest BCUT2D eigenvalue weighted by atomic mass is 10.1. The van der Waals surface area contributed by atoms with Crippen molar-refractivity contribution in [3.05, 3.63) is 29.6 Å². The van der Waals surface area contributed by atoms with E-state index in [2.05, 4.69) is 5.32 Å². The second-order valence-corrected chi connectivity index (χ2v) is 2.63. The number of nitrogens with one attached hydrogen (secondary N) is 1. The number of anilines is 1. The molecule has 1 aromatic carbocycles. The van der Waals surface area contributed by atoms with Gasteiger partial charge in [0.25, 0.3) is 0 Å². The van der Waals surface area contributed by atoms with E-state index >= 15 is 0 Å². The number of aromatic carboxylic acids is 1. The molecule has 0 aromatic heterocycles. The molecule has 1 aromatic rings. The van der Waals surface area contributed by atoms with E-state index in [0.29, 0.717) is 0 Å². The van der Waals surface area contributed by atoms with E-state index in [4.69, 9.17) is 0 Å². The summed E-state index contributed by atoms with van der Waals surface area (Å²) in [4.78, 5) is 21.2. The van der Waals surface area contributed by atoms with Gasteiger partial charge in [-0.25, -0.2) is 4.39 Å². The number of rotatable bonds is 2. The highest BCUT2D eigenvalue weighted by Gasteiger charge is 2.09. The first-order chi connectivity index (χ1) is 6.52. The van der Waals surface area contributed by atoms with Crippen LogP contribution < -0.4 is 10.4 Å². The summed E-state index contributed by atoms with van der Waals surface area (Å²) in [5.41, 5.74) is -0.736. The van der Waals surface area contributed by atoms with Gasteiger partial charge in [-0.1, -0.05) is 6.07 Å². The van der Waals surface area contributed by atoms with Gasteiger partial charge >= 0.3 is 0 Å². The van der Waals surface area contributed by atoms with Gasteiger partial charge in [-0.2, -0.15) is 0 Å². The van der Waals surface area contributed by atoms with E-state index in [0.717, 1.165) is 6.07 Å². The van der Waals surface area contributed by atoms with E-state index in [1.165, 1.54) is 19.1 Å². The van der Waals surface area contributed by atoms with Gasteiger partial charge < -0.3 is 15.2 Å². The van der Waals surface area contributed by atoms with Crippen LogP contribution in [0.5, 0.6) is 0 Å². The van der Waals surface area contributed by atoms with Crippen LogP contribution in [0.15, 0.2) is 18.2 Å². The molecule has 0 unspecified atom stereocenters. The van der Waals surface area contributed by atoms with E-state index < -0.39 is 23.3 Å². The Kier molecular flexibility index (Phi) is 2.81. The van der Waals surface area contributed by atoms with Crippen LogP contribution in [0.2, 0.25) is 0 Å². The van der Waals surface area contributed by atoms with Crippen molar-refractivity contribution in [3.63, 3.8) is 0 Å². The number of amides is 1. The third-order valence-corrected chi connectivity index (χ3v) is 1.53. The first-order valence-electron chi connectivity index (χ1n) is 3.80. The van der Waals surface area contributed by atoms with Gasteiger partial charge in [0.2, 0.25) is 5.91 Å². The quantitative estimate of drug-likeness (QED) is 0.731. The third kappa shape index (κ3) is 2.07. The summed E-state index contributed by atoms with van der Waals surface area (Å²) >= 11 is 0. The number of carboxylic acid groups (broad SMARTS) is 1. The van der Waals surface area contributed by atoms with Gasteiger partial charge in [0.1, 0.15) is 5.82 Å². The molecule has 1 rings (SSSR count). The summed E-state index contributed by atoms with van der Waals surface area (Å²) in [6, 6.07) is 3.57. The monoisotopic (exact) mass is 196 g/mol. The van der Waals surface area contributed by atoms with Crippen molar-refractivity contribution in [1.29, 1.82) is 0 Å². The predicted molar refractivity (Wildman–Crippen MR) is 45.0 cm³/mol. The van der Waals surface area contributed by atoms with Gasteiger partial charge in [-0.15, -0.1) is 0 Å². The maximum atomic E-state index is 13.0. The fourth-order valence-electron chi connectivity index (χ4n) is 1.03. The molecular weight excluding hydrogens is 189 g/mol. The molecule has 0 aliphatic rings. The fraction of sp³-hybridized carbons (Fsp3) is 0.111. The number of hydrogen-bond acceptors (Lipinski definition) is 3. The van der Waals surface area contributed by atoms with E-state index in [1.807, 2.05) is 0 Å². The Morgan fingerprint density at radius 3 is 2.57 bits per heavy atom. The van der Waals surface area contributed by atoms with Crippen LogP contribution in [0.25, 0.3) is 0 Å². The summed E-state index contributed by atoms with van der Waals surface area (Å²) < 4.78 is 13.0. The molecule has 0 saturated heterocycles. The van der Waals surface area contributed by atoms with Crippen LogP contribution in [-0.4, -0.2) is 11.9 Å². The second-order valence-electron chi connectivity index (χ2n) is 2.63. The molecule has 5 heteroatoms. The minimum Gasteiger partial charge on any atom is -0.545 e. The number of hydrogen-bond donors (Lipinski definition) is 1. The highest BCUT2D eigenvalue weighted by atomic mass is 19.1. The Morgan fingerprint density at radius 2 is 2.07 bits per heavy atom. The molecule has 0 saturated carbocycles. The lowest BCUT2D eigenvalue weighted by molar-refractivity contribution is -0.255. The molecule has 4 nitrogen and oxygen atoms in total. The van der Waals surface area contributed by atoms with Crippen LogP contribution in [0.4, 0.5) is 10.1 Å². The Morgan fingerprint density at radius 1 is 1.43 bits per heavy atom. The first-order valence-corrected chi connectivity index (χ1v) is 3.80. The van der Waals surface area contributed by atoms with Gasteiger partial charge in [-0.3, -0.25) is 4.79 Å². The molecule has 0 atom stereocenters. The van der Waals surface area contributed by atoms with Crippen molar-refractivity contribution in [2.45, 2.75) is 6.92 Å². The Hall–Kier alpha value is -1.91. The number of carboxylic acids is 1. The molecule has 14 heavy (non-hydrogen) atoms. The van der Waals surface area contributed by atoms with Gasteiger partial charge in [0.15, 0.2) is 0 Å². The molecular formula is C9H7FNO3-. The zero-order valence-corrected chi connectivity index (χ0v) is 7.33. The average molecular weight is 196 g/mol. The zero-order chi connectivity index (χ0) is 10.7. The molecule has 0 fully saturated rings. The standard InChI is InChI=1S/C9H8FNO3/c1-5(12)11-7-4-2-3-6(10)8(7)9(13)14/h2-4H,1H3,(H,11,12)(H,13,14)/p-1. The molecule has 74 valence electrons. The summed E-state index contributed by atoms with van der Waals surface area (Å²) in [6.07, 6.45) is 0. The predicted octanol–water partition coefficient (Wildman–Crippen LogP) is 0.148. The maximum Gasteiger partial charge on any atom is 0.221 e. The molecule has 0 radical (unpaired) electrons. The summed E-state index contributed by atoms with van der Waals surface area (Å²) in [7, 11) is 0. The summed E-state index contributed by atoms with van der Waals surface area (Å²) in [6.45, 7) is 1.20. The lowest BCUT2D eigenvalue weighted by Gasteiger charge is -2.10. The number of benzene rings is 1. The van der Waals surface area contributed by atoms with Crippen molar-refractivity contribution in [2.75, 3.05) is 5.32 Å². The first kappa shape index (κ1) is 10.2. The fourth-order valence-corrected chi connectivity index (χ4v) is 1.03. The maximum absolute atomic E-state index is 13.0. The van der Waals surface area contributed by atoms with Crippen molar-refractivity contribution >= 4 is 17.6 Å². The number of halogens is 1. The molecule has 0 spiro atoms. The van der Waals surface area contributed by atoms with Crippen molar-refractivity contribution in [3.8, 4) is 0 Å². The van der Waals surface area contributed by atoms with Crippen LogP contribution in [-0.2, 0) is 4.79 Å². The minimum absolute atomic E-state index is 0.0995. The number of carbonyl (C=O) groups is 2. The Balaban J connectivity index is 3.21. The molecule has 0 aliphatic heterocycles. The van der Waals surface area contributed by atoms with Crippen LogP contribution in [0.3, 0.4) is 0 Å². The van der Waals surface area contributed by atoms with Crippen molar-refractivity contribution in [1.82, 2.24) is 0 Å². The van der Waals surface area contributed by atoms with Crippen molar-refractivity contribution in [2.24, 2.45) is 0 Å². The van der Waals surface area contributed by atoms with Gasteiger partial charge in [0.05, 0.1) is 17.2 Å². The smallest absolute Gasteiger partial charge is 0.221 e. The van der Waals surface area contributed by atoms with Crippen LogP contribution in [0, 0.1) is 5.82 Å². The molecule has 0 bridgehead atoms. The molecule has 1 N–H and O–H groups in total. The minimum atomic E-state index is -1.66. The van der Waals surface area contributed by atoms with Crippen molar-refractivity contribution < 1.29 is 19.1 Å². The second kappa shape index (κ2) is 3.87. The Bertz CT molecular complexity index is 390. The SMILES string of the molecule is CC(=O)Nc1cccc(F)c1C(=O)[O-]. The van der Waals surface area contributed by atoms with E-state index in [-0.39, 0.29) is 5.69 Å². The highest BCUT2D eigenvalue weighted by molar-refractivity contribution is 5.99. The molecule has 0 heterocycles. The molecule has 1 amide bonds. The summed E-state index contributed by atoms with van der Waals surface area (Å²) in [5.74, 6) is -3.07. The van der Waals surface area contributed by atoms with E-state index in [9.17, 15) is 19.1 Å². The zero-order valence-electron chi connectivity index (χ0n) is 7.33. The summed E-state index contributed by atoms with van der Waals surface area (Å²) in [5, 5.41) is 12.7. The highest BCUT2D eigenvalue weighted by Crippen LogP contribution is 2.17. The van der Waals surface area contributed by atoms with Crippen LogP contribution >= 0.6 is 0 Å².